The van der Waals surface area contributed by atoms with Gasteiger partial charge in [-0.2, -0.15) is 5.26 Å². The number of amides is 2. The third kappa shape index (κ3) is 3.96. The van der Waals surface area contributed by atoms with Crippen molar-refractivity contribution in [1.29, 1.82) is 5.26 Å². The number of nitriles is 1. The van der Waals surface area contributed by atoms with Crippen LogP contribution in [-0.2, 0) is 6.54 Å². The summed E-state index contributed by atoms with van der Waals surface area (Å²) in [5.41, 5.74) is 2.23. The van der Waals surface area contributed by atoms with Crippen molar-refractivity contribution in [2.45, 2.75) is 12.6 Å². The predicted molar refractivity (Wildman–Crippen MR) is 102 cm³/mol. The molecule has 0 spiro atoms. The molecule has 0 radical (unpaired) electrons. The van der Waals surface area contributed by atoms with E-state index in [0.717, 1.165) is 5.56 Å². The van der Waals surface area contributed by atoms with Crippen LogP contribution in [0.4, 0.5) is 0 Å². The zero-order chi connectivity index (χ0) is 20.2. The molecule has 0 saturated carbocycles. The second-order valence-electron chi connectivity index (χ2n) is 6.68. The Kier molecular flexibility index (Phi) is 4.99. The summed E-state index contributed by atoms with van der Waals surface area (Å²) in [4.78, 5) is 30.3. The predicted octanol–water partition coefficient (Wildman–Crippen LogP) is 1.17. The van der Waals surface area contributed by atoms with Crippen LogP contribution in [0.1, 0.15) is 38.0 Å². The summed E-state index contributed by atoms with van der Waals surface area (Å²) in [7, 11) is 0. The summed E-state index contributed by atoms with van der Waals surface area (Å²) in [6, 6.07) is 12.2. The third-order valence-electron chi connectivity index (χ3n) is 4.73. The lowest BCUT2D eigenvalue weighted by Crippen LogP contribution is -2.50. The van der Waals surface area contributed by atoms with E-state index in [1.54, 1.807) is 52.4 Å². The Bertz CT molecular complexity index is 1060. The number of hydrogen-bond donors (Lipinski definition) is 1. The monoisotopic (exact) mass is 387 g/mol. The molecule has 3 heterocycles. The van der Waals surface area contributed by atoms with Crippen LogP contribution in [-0.4, -0.2) is 49.8 Å². The largest absolute Gasteiger partial charge is 0.347 e. The molecule has 1 aliphatic heterocycles. The summed E-state index contributed by atoms with van der Waals surface area (Å²) in [5.74, 6) is -0.404. The fourth-order valence-corrected chi connectivity index (χ4v) is 2.99. The van der Waals surface area contributed by atoms with Crippen molar-refractivity contribution in [2.75, 3.05) is 13.1 Å². The molecule has 9 heteroatoms. The smallest absolute Gasteiger partial charge is 0.273 e. The highest BCUT2D eigenvalue weighted by molar-refractivity contribution is 5.95. The second kappa shape index (κ2) is 7.90. The van der Waals surface area contributed by atoms with Crippen LogP contribution in [0.15, 0.2) is 55.0 Å². The summed E-state index contributed by atoms with van der Waals surface area (Å²) in [6.45, 7) is 1.35. The van der Waals surface area contributed by atoms with Crippen LogP contribution in [0.3, 0.4) is 0 Å². The lowest BCUT2D eigenvalue weighted by molar-refractivity contribution is 0.0498. The number of nitrogens with zero attached hydrogens (tertiary/aromatic N) is 6. The minimum Gasteiger partial charge on any atom is -0.347 e. The molecule has 1 aliphatic rings. The molecule has 1 aromatic carbocycles. The number of aromatic nitrogens is 4. The van der Waals surface area contributed by atoms with Gasteiger partial charge in [0.2, 0.25) is 0 Å². The van der Waals surface area contributed by atoms with Gasteiger partial charge in [-0.3, -0.25) is 14.6 Å². The van der Waals surface area contributed by atoms with Crippen molar-refractivity contribution in [2.24, 2.45) is 0 Å². The molecule has 3 aromatic rings. The van der Waals surface area contributed by atoms with E-state index in [2.05, 4.69) is 20.6 Å². The maximum Gasteiger partial charge on any atom is 0.273 e. The Labute approximate surface area is 166 Å². The molecule has 1 saturated heterocycles. The second-order valence-corrected chi connectivity index (χ2v) is 6.68. The van der Waals surface area contributed by atoms with Gasteiger partial charge in [-0.25, -0.2) is 4.68 Å². The summed E-state index contributed by atoms with van der Waals surface area (Å²) in [6.07, 6.45) is 4.93. The van der Waals surface area contributed by atoms with Crippen molar-refractivity contribution in [3.8, 4) is 6.07 Å². The number of nitrogens with one attached hydrogen (secondary N) is 1. The maximum absolute atomic E-state index is 12.5. The number of carbonyl (C=O) groups is 2. The summed E-state index contributed by atoms with van der Waals surface area (Å²) < 4.78 is 1.61. The minimum absolute atomic E-state index is 0.0217. The van der Waals surface area contributed by atoms with Crippen molar-refractivity contribution in [3.05, 3.63) is 77.4 Å². The third-order valence-corrected chi connectivity index (χ3v) is 4.73. The SMILES string of the molecule is N#Cc1ccc(C(=O)N2CC(n3cc(C(=O)NCc4ccncc4)nn3)C2)cc1. The standard InChI is InChI=1S/C20H17N7O2/c21-9-14-1-3-16(4-2-14)20(29)26-11-17(12-26)27-13-18(24-25-27)19(28)23-10-15-5-7-22-8-6-15/h1-8,13,17H,10-12H2,(H,23,28). The molecule has 29 heavy (non-hydrogen) atoms. The van der Waals surface area contributed by atoms with Crippen LogP contribution >= 0.6 is 0 Å². The maximum atomic E-state index is 12.5. The molecule has 4 rings (SSSR count). The van der Waals surface area contributed by atoms with Crippen LogP contribution in [0.5, 0.6) is 0 Å². The van der Waals surface area contributed by atoms with Crippen LogP contribution in [0.2, 0.25) is 0 Å². The van der Waals surface area contributed by atoms with E-state index in [1.165, 1.54) is 0 Å². The molecule has 1 N–H and O–H groups in total. The minimum atomic E-state index is -0.307. The highest BCUT2D eigenvalue weighted by atomic mass is 16.2. The van der Waals surface area contributed by atoms with Gasteiger partial charge in [0.15, 0.2) is 5.69 Å². The molecule has 9 nitrogen and oxygen atoms in total. The average Bonchev–Trinajstić information content (AvgIpc) is 3.21. The van der Waals surface area contributed by atoms with E-state index >= 15 is 0 Å². The van der Waals surface area contributed by atoms with Crippen molar-refractivity contribution in [1.82, 2.24) is 30.2 Å². The number of rotatable bonds is 5. The van der Waals surface area contributed by atoms with E-state index in [1.807, 2.05) is 18.2 Å². The van der Waals surface area contributed by atoms with Crippen LogP contribution < -0.4 is 5.32 Å². The topological polar surface area (TPSA) is 117 Å². The number of likely N-dealkylation sites (tertiary alicyclic amines) is 1. The fraction of sp³-hybridized carbons (Fsp3) is 0.200. The lowest BCUT2D eigenvalue weighted by Gasteiger charge is -2.38. The molecule has 0 aliphatic carbocycles. The van der Waals surface area contributed by atoms with Crippen molar-refractivity contribution >= 4 is 11.8 Å². The van der Waals surface area contributed by atoms with Gasteiger partial charge in [0, 0.05) is 37.6 Å². The summed E-state index contributed by atoms with van der Waals surface area (Å²) >= 11 is 0. The first-order valence-electron chi connectivity index (χ1n) is 9.02. The lowest BCUT2D eigenvalue weighted by atomic mass is 10.1. The van der Waals surface area contributed by atoms with Gasteiger partial charge in [-0.1, -0.05) is 5.21 Å². The van der Waals surface area contributed by atoms with Gasteiger partial charge >= 0.3 is 0 Å². The number of carbonyl (C=O) groups excluding carboxylic acids is 2. The first-order valence-corrected chi connectivity index (χ1v) is 9.02. The van der Waals surface area contributed by atoms with Gasteiger partial charge in [-0.15, -0.1) is 5.10 Å². The van der Waals surface area contributed by atoms with Gasteiger partial charge < -0.3 is 10.2 Å². The molecule has 2 aromatic heterocycles. The zero-order valence-corrected chi connectivity index (χ0v) is 15.4. The average molecular weight is 387 g/mol. The van der Waals surface area contributed by atoms with E-state index in [0.29, 0.717) is 30.8 Å². The van der Waals surface area contributed by atoms with Crippen LogP contribution in [0.25, 0.3) is 0 Å². The normalized spacial score (nSPS) is 13.4. The molecule has 0 atom stereocenters. The Morgan fingerprint density at radius 1 is 1.14 bits per heavy atom. The number of pyridine rings is 1. The Hall–Kier alpha value is -4.06. The summed E-state index contributed by atoms with van der Waals surface area (Å²) in [5, 5.41) is 19.6. The van der Waals surface area contributed by atoms with Crippen molar-refractivity contribution < 1.29 is 9.59 Å². The van der Waals surface area contributed by atoms with Gasteiger partial charge in [0.25, 0.3) is 11.8 Å². The first kappa shape index (κ1) is 18.3. The molecule has 2 amide bonds. The van der Waals surface area contributed by atoms with E-state index in [4.69, 9.17) is 5.26 Å². The van der Waals surface area contributed by atoms with E-state index in [9.17, 15) is 9.59 Å². The van der Waals surface area contributed by atoms with Gasteiger partial charge in [-0.05, 0) is 42.0 Å². The molecule has 0 unspecified atom stereocenters. The highest BCUT2D eigenvalue weighted by Gasteiger charge is 2.33. The van der Waals surface area contributed by atoms with E-state index < -0.39 is 0 Å². The van der Waals surface area contributed by atoms with Gasteiger partial charge in [0.05, 0.1) is 23.9 Å². The molecular weight excluding hydrogens is 370 g/mol. The highest BCUT2D eigenvalue weighted by Crippen LogP contribution is 2.22. The molecule has 144 valence electrons. The number of hydrogen-bond acceptors (Lipinski definition) is 6. The number of benzene rings is 1. The van der Waals surface area contributed by atoms with Crippen molar-refractivity contribution in [3.63, 3.8) is 0 Å². The quantitative estimate of drug-likeness (QED) is 0.702. The first-order chi connectivity index (χ1) is 14.1. The Balaban J connectivity index is 1.31. The Morgan fingerprint density at radius 2 is 1.86 bits per heavy atom. The van der Waals surface area contributed by atoms with E-state index in [-0.39, 0.29) is 23.6 Å². The van der Waals surface area contributed by atoms with Gasteiger partial charge in [0.1, 0.15) is 0 Å². The Morgan fingerprint density at radius 3 is 2.55 bits per heavy atom. The zero-order valence-electron chi connectivity index (χ0n) is 15.4. The molecule has 0 bridgehead atoms. The molecular formula is C20H17N7O2. The van der Waals surface area contributed by atoms with Crippen LogP contribution in [0, 0.1) is 11.3 Å². The fourth-order valence-electron chi connectivity index (χ4n) is 2.99. The molecule has 1 fully saturated rings.